The number of benzene rings is 1. The van der Waals surface area contributed by atoms with E-state index < -0.39 is 11.3 Å². The molecule has 0 saturated heterocycles. The molecular formula is C29H49NO2. The Morgan fingerprint density at radius 2 is 1.19 bits per heavy atom. The number of carbonyl (C=O) groups excluding carboxylic acids is 2. The van der Waals surface area contributed by atoms with Crippen molar-refractivity contribution in [3.63, 3.8) is 0 Å². The predicted molar refractivity (Wildman–Crippen MR) is 137 cm³/mol. The first-order chi connectivity index (χ1) is 15.5. The van der Waals surface area contributed by atoms with Crippen LogP contribution in [0.2, 0.25) is 0 Å². The molecule has 1 aromatic rings. The Balaban J connectivity index is 2.36. The number of carbonyl (C=O) groups is 2. The highest BCUT2D eigenvalue weighted by Crippen LogP contribution is 2.43. The van der Waals surface area contributed by atoms with Gasteiger partial charge in [0.2, 0.25) is 5.91 Å². The lowest BCUT2D eigenvalue weighted by molar-refractivity contribution is -0.141. The first-order valence-electron chi connectivity index (χ1n) is 13.4. The molecule has 0 radical (unpaired) electrons. The lowest BCUT2D eigenvalue weighted by atomic mass is 9.65. The fourth-order valence-electron chi connectivity index (χ4n) is 5.22. The van der Waals surface area contributed by atoms with Crippen LogP contribution in [0.4, 0.5) is 0 Å². The number of ketones is 1. The summed E-state index contributed by atoms with van der Waals surface area (Å²) in [6.07, 6.45) is 19.3. The van der Waals surface area contributed by atoms with Crippen LogP contribution >= 0.6 is 0 Å². The standard InChI is InChI=1S/C29H49NO2/c1-4-6-7-8-9-10-11-12-13-14-15-16-17-21-24-29(25(3)31,28(30)32)27(5-2)26-22-19-18-20-23-26/h18-20,22-23,27H,4-17,21,24H2,1-3H3,(H2,30,32). The second kappa shape index (κ2) is 16.9. The number of Topliss-reactive ketones (excluding diaryl/α,β-unsaturated/α-hetero) is 1. The van der Waals surface area contributed by atoms with Crippen molar-refractivity contribution in [1.82, 2.24) is 0 Å². The SMILES string of the molecule is CCCCCCCCCCCCCCCCC(C(C)=O)(C(N)=O)C(CC)c1ccccc1. The molecule has 0 aliphatic carbocycles. The highest BCUT2D eigenvalue weighted by Gasteiger charge is 2.47. The first kappa shape index (κ1) is 28.4. The van der Waals surface area contributed by atoms with Crippen LogP contribution in [0, 0.1) is 5.41 Å². The van der Waals surface area contributed by atoms with Crippen LogP contribution in [0.15, 0.2) is 30.3 Å². The second-order valence-corrected chi connectivity index (χ2v) is 9.61. The number of rotatable bonds is 20. The maximum atomic E-state index is 12.7. The van der Waals surface area contributed by atoms with E-state index in [1.807, 2.05) is 37.3 Å². The summed E-state index contributed by atoms with van der Waals surface area (Å²) < 4.78 is 0. The van der Waals surface area contributed by atoms with Gasteiger partial charge in [0.05, 0.1) is 0 Å². The third-order valence-corrected chi connectivity index (χ3v) is 7.20. The smallest absolute Gasteiger partial charge is 0.231 e. The van der Waals surface area contributed by atoms with Crippen molar-refractivity contribution >= 4 is 11.7 Å². The zero-order chi connectivity index (χ0) is 23.7. The first-order valence-corrected chi connectivity index (χ1v) is 13.4. The Labute approximate surface area is 197 Å². The van der Waals surface area contributed by atoms with Crippen LogP contribution in [0.1, 0.15) is 135 Å². The van der Waals surface area contributed by atoms with Crippen LogP contribution in [0.25, 0.3) is 0 Å². The van der Waals surface area contributed by atoms with Gasteiger partial charge in [0.1, 0.15) is 11.2 Å². The van der Waals surface area contributed by atoms with E-state index in [0.29, 0.717) is 6.42 Å². The molecule has 0 aliphatic rings. The largest absolute Gasteiger partial charge is 0.369 e. The van der Waals surface area contributed by atoms with Crippen LogP contribution < -0.4 is 5.73 Å². The summed E-state index contributed by atoms with van der Waals surface area (Å²) in [5, 5.41) is 0. The average molecular weight is 444 g/mol. The van der Waals surface area contributed by atoms with Crippen molar-refractivity contribution < 1.29 is 9.59 Å². The highest BCUT2D eigenvalue weighted by molar-refractivity contribution is 6.05. The maximum Gasteiger partial charge on any atom is 0.231 e. The topological polar surface area (TPSA) is 60.2 Å². The Kier molecular flexibility index (Phi) is 15.0. The van der Waals surface area contributed by atoms with Crippen LogP contribution in [-0.2, 0) is 9.59 Å². The van der Waals surface area contributed by atoms with Gasteiger partial charge in [-0.15, -0.1) is 0 Å². The van der Waals surface area contributed by atoms with Crippen molar-refractivity contribution in [3.05, 3.63) is 35.9 Å². The zero-order valence-electron chi connectivity index (χ0n) is 21.2. The molecule has 0 bridgehead atoms. The lowest BCUT2D eigenvalue weighted by Gasteiger charge is -2.36. The van der Waals surface area contributed by atoms with Gasteiger partial charge in [-0.3, -0.25) is 9.59 Å². The summed E-state index contributed by atoms with van der Waals surface area (Å²) in [4.78, 5) is 25.3. The van der Waals surface area contributed by atoms with Crippen molar-refractivity contribution in [3.8, 4) is 0 Å². The Morgan fingerprint density at radius 1 is 0.750 bits per heavy atom. The summed E-state index contributed by atoms with van der Waals surface area (Å²) in [7, 11) is 0. The molecule has 0 spiro atoms. The van der Waals surface area contributed by atoms with Crippen LogP contribution in [0.3, 0.4) is 0 Å². The summed E-state index contributed by atoms with van der Waals surface area (Å²) >= 11 is 0. The van der Waals surface area contributed by atoms with Crippen LogP contribution in [-0.4, -0.2) is 11.7 Å². The fourth-order valence-corrected chi connectivity index (χ4v) is 5.22. The van der Waals surface area contributed by atoms with Crippen molar-refractivity contribution in [2.75, 3.05) is 0 Å². The number of hydrogen-bond acceptors (Lipinski definition) is 2. The number of unbranched alkanes of at least 4 members (excludes halogenated alkanes) is 13. The molecule has 3 heteroatoms. The molecule has 0 heterocycles. The monoisotopic (exact) mass is 443 g/mol. The molecule has 0 saturated carbocycles. The van der Waals surface area contributed by atoms with Crippen LogP contribution in [0.5, 0.6) is 0 Å². The minimum absolute atomic E-state index is 0.0876. The van der Waals surface area contributed by atoms with Crippen molar-refractivity contribution in [1.29, 1.82) is 0 Å². The van der Waals surface area contributed by atoms with Gasteiger partial charge in [0, 0.05) is 5.92 Å². The minimum Gasteiger partial charge on any atom is -0.369 e. The number of amides is 1. The molecule has 2 unspecified atom stereocenters. The normalized spacial score (nSPS) is 14.1. The van der Waals surface area contributed by atoms with Gasteiger partial charge in [0.25, 0.3) is 0 Å². The van der Waals surface area contributed by atoms with Crippen molar-refractivity contribution in [2.45, 2.75) is 129 Å². The Hall–Kier alpha value is -1.64. The Bertz CT molecular complexity index is 611. The van der Waals surface area contributed by atoms with Gasteiger partial charge >= 0.3 is 0 Å². The Morgan fingerprint density at radius 3 is 1.56 bits per heavy atom. The molecule has 2 atom stereocenters. The van der Waals surface area contributed by atoms with E-state index >= 15 is 0 Å². The molecule has 2 N–H and O–H groups in total. The van der Waals surface area contributed by atoms with Gasteiger partial charge < -0.3 is 5.73 Å². The molecule has 0 aliphatic heterocycles. The molecule has 1 rings (SSSR count). The third kappa shape index (κ3) is 9.46. The lowest BCUT2D eigenvalue weighted by Crippen LogP contribution is -2.47. The van der Waals surface area contributed by atoms with Gasteiger partial charge in [-0.25, -0.2) is 0 Å². The highest BCUT2D eigenvalue weighted by atomic mass is 16.2. The summed E-state index contributed by atoms with van der Waals surface area (Å²) in [6.45, 7) is 5.85. The second-order valence-electron chi connectivity index (χ2n) is 9.61. The quantitative estimate of drug-likeness (QED) is 0.163. The molecule has 1 amide bonds. The van der Waals surface area contributed by atoms with Crippen molar-refractivity contribution in [2.24, 2.45) is 11.1 Å². The molecular weight excluding hydrogens is 394 g/mol. The summed E-state index contributed by atoms with van der Waals surface area (Å²) in [5.41, 5.74) is 5.83. The number of nitrogens with two attached hydrogens (primary N) is 1. The predicted octanol–water partition coefficient (Wildman–Crippen LogP) is 8.11. The molecule has 32 heavy (non-hydrogen) atoms. The van der Waals surface area contributed by atoms with E-state index in [1.165, 1.54) is 77.0 Å². The number of hydrogen-bond donors (Lipinski definition) is 1. The van der Waals surface area contributed by atoms with E-state index in [-0.39, 0.29) is 11.7 Å². The van der Waals surface area contributed by atoms with E-state index in [1.54, 1.807) is 6.92 Å². The minimum atomic E-state index is -1.09. The third-order valence-electron chi connectivity index (χ3n) is 7.20. The number of primary amides is 1. The molecule has 0 aromatic heterocycles. The van der Waals surface area contributed by atoms with Gasteiger partial charge in [0.15, 0.2) is 0 Å². The maximum absolute atomic E-state index is 12.7. The van der Waals surface area contributed by atoms with E-state index in [9.17, 15) is 9.59 Å². The summed E-state index contributed by atoms with van der Waals surface area (Å²) in [6, 6.07) is 9.93. The molecule has 3 nitrogen and oxygen atoms in total. The summed E-state index contributed by atoms with van der Waals surface area (Å²) in [5.74, 6) is -0.702. The van der Waals surface area contributed by atoms with Gasteiger partial charge in [-0.05, 0) is 25.3 Å². The van der Waals surface area contributed by atoms with E-state index in [4.69, 9.17) is 5.73 Å². The zero-order valence-corrected chi connectivity index (χ0v) is 21.2. The van der Waals surface area contributed by atoms with Gasteiger partial charge in [-0.2, -0.15) is 0 Å². The molecule has 1 aromatic carbocycles. The molecule has 182 valence electrons. The van der Waals surface area contributed by atoms with E-state index in [0.717, 1.165) is 24.8 Å². The van der Waals surface area contributed by atoms with Gasteiger partial charge in [-0.1, -0.05) is 134 Å². The van der Waals surface area contributed by atoms with E-state index in [2.05, 4.69) is 6.92 Å². The molecule has 0 fully saturated rings. The average Bonchev–Trinajstić information content (AvgIpc) is 2.78. The fraction of sp³-hybridized carbons (Fsp3) is 0.724.